The van der Waals surface area contributed by atoms with Crippen LogP contribution in [0, 0.1) is 0 Å². The first-order chi connectivity index (χ1) is 5.25. The number of nitrogens with zero attached hydrogens (tertiary/aromatic N) is 1. The Balaban J connectivity index is 2.39. The number of alkyl halides is 1. The van der Waals surface area contributed by atoms with E-state index in [4.69, 9.17) is 16.3 Å². The van der Waals surface area contributed by atoms with Crippen LogP contribution in [-0.2, 0) is 9.53 Å². The summed E-state index contributed by atoms with van der Waals surface area (Å²) in [5.41, 5.74) is -0.0311. The maximum Gasteiger partial charge on any atom is 0.267 e. The van der Waals surface area contributed by atoms with Crippen LogP contribution >= 0.6 is 11.6 Å². The van der Waals surface area contributed by atoms with Crippen molar-refractivity contribution in [2.45, 2.75) is 5.69 Å². The molecule has 0 saturated carbocycles. The lowest BCUT2D eigenvalue weighted by molar-refractivity contribution is -0.110. The van der Waals surface area contributed by atoms with Gasteiger partial charge in [-0.25, -0.2) is 4.99 Å². The fraction of sp³-hybridized carbons (Fsp3) is 0.143. The van der Waals surface area contributed by atoms with Crippen LogP contribution in [-0.4, -0.2) is 17.2 Å². The minimum absolute atomic E-state index is 0.0929. The van der Waals surface area contributed by atoms with Crippen LogP contribution in [0.5, 0.6) is 0 Å². The predicted octanol–water partition coefficient (Wildman–Crippen LogP) is 1.00. The highest BCUT2D eigenvalue weighted by molar-refractivity contribution is 6.25. The molecule has 56 valence electrons. The summed E-state index contributed by atoms with van der Waals surface area (Å²) in [7, 11) is 0. The third kappa shape index (κ3) is 1.07. The zero-order valence-electron chi connectivity index (χ0n) is 5.45. The smallest absolute Gasteiger partial charge is 0.267 e. The molecule has 0 aromatic heterocycles. The van der Waals surface area contributed by atoms with Gasteiger partial charge < -0.3 is 4.74 Å². The highest BCUT2D eigenvalue weighted by Crippen LogP contribution is 2.21. The van der Waals surface area contributed by atoms with Crippen molar-refractivity contribution in [2.75, 3.05) is 0 Å². The van der Waals surface area contributed by atoms with Gasteiger partial charge >= 0.3 is 0 Å². The van der Waals surface area contributed by atoms with Crippen molar-refractivity contribution in [1.29, 1.82) is 0 Å². The minimum atomic E-state index is -0.674. The van der Waals surface area contributed by atoms with Crippen molar-refractivity contribution in [2.24, 2.45) is 4.99 Å². The molecule has 1 aliphatic heterocycles. The molecule has 0 N–H and O–H groups in total. The van der Waals surface area contributed by atoms with Gasteiger partial charge in [-0.05, 0) is 12.2 Å². The Hall–Kier alpha value is -1.09. The number of ether oxygens (including phenoxy) is 1. The fourth-order valence-corrected chi connectivity index (χ4v) is 1.14. The number of fused-ring (bicyclic) bond motifs is 1. The molecule has 0 bridgehead atoms. The predicted molar refractivity (Wildman–Crippen MR) is 40.4 cm³/mol. The summed E-state index contributed by atoms with van der Waals surface area (Å²) in [5, 5.41) is 0. The third-order valence-electron chi connectivity index (χ3n) is 1.40. The highest BCUT2D eigenvalue weighted by Gasteiger charge is 2.22. The Labute approximate surface area is 68.0 Å². The van der Waals surface area contributed by atoms with Gasteiger partial charge in [-0.2, -0.15) is 0 Å². The van der Waals surface area contributed by atoms with Crippen LogP contribution in [0.15, 0.2) is 29.0 Å². The molecule has 3 nitrogen and oxygen atoms in total. The third-order valence-corrected chi connectivity index (χ3v) is 1.58. The van der Waals surface area contributed by atoms with Gasteiger partial charge in [0.25, 0.3) is 5.69 Å². The molecule has 0 aromatic rings. The molecule has 0 fully saturated rings. The van der Waals surface area contributed by atoms with E-state index in [0.717, 1.165) is 0 Å². The second-order valence-electron chi connectivity index (χ2n) is 2.17. The van der Waals surface area contributed by atoms with E-state index in [-0.39, 0.29) is 5.78 Å². The molecule has 0 amide bonds. The van der Waals surface area contributed by atoms with Gasteiger partial charge in [0.05, 0.1) is 0 Å². The van der Waals surface area contributed by atoms with Crippen LogP contribution in [0.1, 0.15) is 0 Å². The first-order valence-corrected chi connectivity index (χ1v) is 3.52. The van der Waals surface area contributed by atoms with Gasteiger partial charge in [0.2, 0.25) is 0 Å². The van der Waals surface area contributed by atoms with Crippen molar-refractivity contribution in [3.63, 3.8) is 0 Å². The first kappa shape index (κ1) is 6.61. The van der Waals surface area contributed by atoms with E-state index >= 15 is 0 Å². The molecule has 11 heavy (non-hydrogen) atoms. The zero-order valence-corrected chi connectivity index (χ0v) is 6.21. The number of aliphatic imine (C=N–C) groups is 1. The van der Waals surface area contributed by atoms with E-state index < -0.39 is 5.69 Å². The molecule has 1 unspecified atom stereocenters. The number of allylic oxidation sites excluding steroid dienone is 3. The van der Waals surface area contributed by atoms with Crippen LogP contribution in [0.2, 0.25) is 0 Å². The average Bonchev–Trinajstić information content (AvgIpc) is 2.27. The summed E-state index contributed by atoms with van der Waals surface area (Å²) in [6.07, 6.45) is 4.40. The Kier molecular flexibility index (Phi) is 1.32. The Morgan fingerprint density at radius 2 is 2.36 bits per heavy atom. The van der Waals surface area contributed by atoms with E-state index in [1.165, 1.54) is 12.2 Å². The maximum absolute atomic E-state index is 10.8. The molecular formula is C7H4ClNO2. The number of ketones is 1. The lowest BCUT2D eigenvalue weighted by atomic mass is 10.1. The highest BCUT2D eigenvalue weighted by atomic mass is 35.5. The van der Waals surface area contributed by atoms with Crippen LogP contribution in [0.3, 0.4) is 0 Å². The zero-order chi connectivity index (χ0) is 7.84. The van der Waals surface area contributed by atoms with Gasteiger partial charge in [-0.1, -0.05) is 11.6 Å². The second kappa shape index (κ2) is 2.20. The topological polar surface area (TPSA) is 38.7 Å². The van der Waals surface area contributed by atoms with Gasteiger partial charge in [0.1, 0.15) is 5.71 Å². The molecule has 0 aromatic carbocycles. The molecule has 1 heterocycles. The van der Waals surface area contributed by atoms with Crippen molar-refractivity contribution in [3.05, 3.63) is 24.0 Å². The molecule has 2 rings (SSSR count). The molecule has 0 saturated heterocycles. The van der Waals surface area contributed by atoms with Crippen LogP contribution in [0.4, 0.5) is 0 Å². The molecule has 1 aliphatic carbocycles. The van der Waals surface area contributed by atoms with Gasteiger partial charge in [0.15, 0.2) is 11.5 Å². The second-order valence-corrected chi connectivity index (χ2v) is 2.54. The van der Waals surface area contributed by atoms with Crippen LogP contribution < -0.4 is 0 Å². The molecule has 1 atom stereocenters. The normalized spacial score (nSPS) is 27.4. The van der Waals surface area contributed by atoms with Crippen molar-refractivity contribution >= 4 is 23.1 Å². The number of carbonyl (C=O) groups is 1. The lowest BCUT2D eigenvalue weighted by Gasteiger charge is -2.02. The molecule has 0 radical (unpaired) electrons. The molecular weight excluding hydrogens is 166 g/mol. The Bertz CT molecular complexity index is 304. The summed E-state index contributed by atoms with van der Waals surface area (Å²) in [6, 6.07) is 0. The maximum atomic E-state index is 10.8. The van der Waals surface area contributed by atoms with E-state index in [0.29, 0.717) is 11.5 Å². The van der Waals surface area contributed by atoms with Gasteiger partial charge in [-0.15, -0.1) is 0 Å². The summed E-state index contributed by atoms with van der Waals surface area (Å²) in [6.45, 7) is 0. The van der Waals surface area contributed by atoms with E-state index in [1.54, 1.807) is 6.08 Å². The quantitative estimate of drug-likeness (QED) is 0.308. The minimum Gasteiger partial charge on any atom is -0.452 e. The largest absolute Gasteiger partial charge is 0.452 e. The van der Waals surface area contributed by atoms with Crippen LogP contribution in [0.25, 0.3) is 0 Å². The van der Waals surface area contributed by atoms with Crippen molar-refractivity contribution in [3.8, 4) is 0 Å². The van der Waals surface area contributed by atoms with E-state index in [9.17, 15) is 4.79 Å². The number of rotatable bonds is 0. The summed E-state index contributed by atoms with van der Waals surface area (Å²) >= 11 is 5.54. The first-order valence-electron chi connectivity index (χ1n) is 3.08. The monoisotopic (exact) mass is 169 g/mol. The van der Waals surface area contributed by atoms with Crippen molar-refractivity contribution in [1.82, 2.24) is 0 Å². The summed E-state index contributed by atoms with van der Waals surface area (Å²) < 4.78 is 4.99. The fourth-order valence-electron chi connectivity index (χ4n) is 0.936. The average molecular weight is 170 g/mol. The summed E-state index contributed by atoms with van der Waals surface area (Å²) in [5.74, 6) is 0.377. The Morgan fingerprint density at radius 3 is 3.18 bits per heavy atom. The van der Waals surface area contributed by atoms with E-state index in [2.05, 4.69) is 4.99 Å². The standard InChI is InChI=1S/C7H4ClNO2/c8-7-9-5-2-1-4(10)3-6(5)11-7/h1-3,7H. The number of carbonyl (C=O) groups excluding carboxylic acids is 1. The molecule has 2 aliphatic rings. The van der Waals surface area contributed by atoms with Gasteiger partial charge in [-0.3, -0.25) is 4.79 Å². The van der Waals surface area contributed by atoms with E-state index in [1.807, 2.05) is 0 Å². The number of hydrogen-bond donors (Lipinski definition) is 0. The van der Waals surface area contributed by atoms with Gasteiger partial charge in [0, 0.05) is 6.08 Å². The molecule has 4 heteroatoms. The number of halogens is 1. The number of hydrogen-bond acceptors (Lipinski definition) is 3. The summed E-state index contributed by atoms with van der Waals surface area (Å²) in [4.78, 5) is 14.7. The SMILES string of the molecule is O=C1C=CC2=NC(Cl)OC2=C1. The van der Waals surface area contributed by atoms with Crippen molar-refractivity contribution < 1.29 is 9.53 Å². The Morgan fingerprint density at radius 1 is 1.55 bits per heavy atom. The lowest BCUT2D eigenvalue weighted by Crippen LogP contribution is -2.04. The molecule has 0 spiro atoms.